The van der Waals surface area contributed by atoms with Crippen LogP contribution < -0.4 is 15.0 Å². The zero-order valence-corrected chi connectivity index (χ0v) is 20.7. The van der Waals surface area contributed by atoms with E-state index in [0.717, 1.165) is 67.6 Å². The summed E-state index contributed by atoms with van der Waals surface area (Å²) in [6, 6.07) is 4.03. The molecule has 0 bridgehead atoms. The monoisotopic (exact) mass is 543 g/mol. The van der Waals surface area contributed by atoms with Gasteiger partial charge in [-0.25, -0.2) is 9.97 Å². The molecule has 0 unspecified atom stereocenters. The minimum absolute atomic E-state index is 0. The Morgan fingerprint density at radius 2 is 2.10 bits per heavy atom. The Balaban J connectivity index is 0.00000256. The van der Waals surface area contributed by atoms with Crippen LogP contribution in [0.1, 0.15) is 31.2 Å². The van der Waals surface area contributed by atoms with E-state index in [-0.39, 0.29) is 24.0 Å². The van der Waals surface area contributed by atoms with Gasteiger partial charge in [0.2, 0.25) is 11.0 Å². The van der Waals surface area contributed by atoms with Gasteiger partial charge in [-0.3, -0.25) is 4.99 Å². The highest BCUT2D eigenvalue weighted by Gasteiger charge is 2.23. The number of pyridine rings is 1. The first-order valence-corrected chi connectivity index (χ1v) is 11.1. The van der Waals surface area contributed by atoms with Crippen molar-refractivity contribution in [3.05, 3.63) is 29.7 Å². The molecule has 2 aliphatic rings. The number of hydrogen-bond donors (Lipinski definition) is 1. The van der Waals surface area contributed by atoms with E-state index >= 15 is 0 Å². The van der Waals surface area contributed by atoms with E-state index in [1.807, 2.05) is 25.4 Å². The maximum atomic E-state index is 5.79. The largest absolute Gasteiger partial charge is 0.477 e. The van der Waals surface area contributed by atoms with E-state index in [4.69, 9.17) is 4.74 Å². The first-order chi connectivity index (χ1) is 14.2. The standard InChI is InChI=1S/C20H29N7OS.HI/c1-3-17-24-20(29-25-17)27-10-8-26(9-11-27)19(21-2)23-13-16-6-7-22-18(12-16)28-14-15-4-5-15;/h6-7,12,15H,3-5,8-11,13-14H2,1-2H3,(H,21,23);1H. The van der Waals surface area contributed by atoms with Crippen LogP contribution in [0, 0.1) is 5.92 Å². The van der Waals surface area contributed by atoms with Crippen LogP contribution in [0.15, 0.2) is 23.3 Å². The van der Waals surface area contributed by atoms with Crippen molar-refractivity contribution in [2.75, 3.05) is 44.7 Å². The molecule has 1 saturated heterocycles. The molecule has 2 aromatic heterocycles. The number of aliphatic imine (C=N–C) groups is 1. The van der Waals surface area contributed by atoms with Gasteiger partial charge in [0.1, 0.15) is 5.82 Å². The molecule has 164 valence electrons. The number of anilines is 1. The van der Waals surface area contributed by atoms with Crippen molar-refractivity contribution in [3.63, 3.8) is 0 Å². The second kappa shape index (κ2) is 11.1. The number of ether oxygens (including phenoxy) is 1. The highest BCUT2D eigenvalue weighted by Crippen LogP contribution is 2.29. The maximum absolute atomic E-state index is 5.79. The summed E-state index contributed by atoms with van der Waals surface area (Å²) in [6.45, 7) is 7.24. The van der Waals surface area contributed by atoms with Gasteiger partial charge in [-0.05, 0) is 30.4 Å². The van der Waals surface area contributed by atoms with E-state index in [1.54, 1.807) is 0 Å². The van der Waals surface area contributed by atoms with E-state index < -0.39 is 0 Å². The third kappa shape index (κ3) is 6.16. The normalized spacial score (nSPS) is 16.9. The summed E-state index contributed by atoms with van der Waals surface area (Å²) in [6.07, 6.45) is 5.26. The van der Waals surface area contributed by atoms with Crippen molar-refractivity contribution >= 4 is 46.6 Å². The van der Waals surface area contributed by atoms with Crippen molar-refractivity contribution in [1.82, 2.24) is 24.6 Å². The van der Waals surface area contributed by atoms with Gasteiger partial charge in [0.05, 0.1) is 6.61 Å². The van der Waals surface area contributed by atoms with Gasteiger partial charge in [-0.15, -0.1) is 24.0 Å². The van der Waals surface area contributed by atoms with Crippen molar-refractivity contribution in [3.8, 4) is 5.88 Å². The van der Waals surface area contributed by atoms with E-state index in [2.05, 4.69) is 41.4 Å². The fourth-order valence-corrected chi connectivity index (χ4v) is 4.07. The summed E-state index contributed by atoms with van der Waals surface area (Å²) in [7, 11) is 1.84. The molecule has 1 N–H and O–H groups in total. The summed E-state index contributed by atoms with van der Waals surface area (Å²) in [5.74, 6) is 3.30. The topological polar surface area (TPSA) is 78.8 Å². The second-order valence-corrected chi connectivity index (χ2v) is 8.21. The fourth-order valence-electron chi connectivity index (χ4n) is 3.27. The lowest BCUT2D eigenvalue weighted by molar-refractivity contribution is 0.288. The molecule has 0 atom stereocenters. The number of nitrogens with zero attached hydrogens (tertiary/aromatic N) is 6. The zero-order chi connectivity index (χ0) is 20.1. The average Bonchev–Trinajstić information content (AvgIpc) is 3.48. The third-order valence-corrected chi connectivity index (χ3v) is 6.06. The van der Waals surface area contributed by atoms with Crippen LogP contribution in [0.2, 0.25) is 0 Å². The van der Waals surface area contributed by atoms with Crippen molar-refractivity contribution in [2.45, 2.75) is 32.7 Å². The lowest BCUT2D eigenvalue weighted by Crippen LogP contribution is -2.52. The van der Waals surface area contributed by atoms with Crippen LogP contribution >= 0.6 is 35.5 Å². The Morgan fingerprint density at radius 3 is 2.77 bits per heavy atom. The van der Waals surface area contributed by atoms with Crippen molar-refractivity contribution < 1.29 is 4.74 Å². The Bertz CT molecular complexity index is 834. The molecule has 3 heterocycles. The molecular weight excluding hydrogens is 513 g/mol. The SMILES string of the molecule is CCc1nsc(N2CCN(C(=NC)NCc3ccnc(OCC4CC4)c3)CC2)n1.I. The maximum Gasteiger partial charge on any atom is 0.213 e. The van der Waals surface area contributed by atoms with Gasteiger partial charge in [0.25, 0.3) is 0 Å². The molecule has 10 heteroatoms. The van der Waals surface area contributed by atoms with E-state index in [0.29, 0.717) is 12.4 Å². The smallest absolute Gasteiger partial charge is 0.213 e. The first kappa shape index (κ1) is 23.0. The molecule has 1 saturated carbocycles. The first-order valence-electron chi connectivity index (χ1n) is 10.4. The van der Waals surface area contributed by atoms with Gasteiger partial charge < -0.3 is 19.9 Å². The molecule has 0 radical (unpaired) electrons. The Labute approximate surface area is 199 Å². The number of nitrogens with one attached hydrogen (secondary N) is 1. The van der Waals surface area contributed by atoms with Crippen molar-refractivity contribution in [2.24, 2.45) is 10.9 Å². The highest BCUT2D eigenvalue weighted by atomic mass is 127. The van der Waals surface area contributed by atoms with Crippen molar-refractivity contribution in [1.29, 1.82) is 0 Å². The predicted octanol–water partition coefficient (Wildman–Crippen LogP) is 2.80. The van der Waals surface area contributed by atoms with Gasteiger partial charge in [-0.2, -0.15) is 4.37 Å². The zero-order valence-electron chi connectivity index (χ0n) is 17.6. The lowest BCUT2D eigenvalue weighted by Gasteiger charge is -2.36. The number of rotatable bonds is 7. The number of guanidine groups is 1. The molecule has 0 amide bonds. The second-order valence-electron chi connectivity index (χ2n) is 7.48. The molecular formula is C20H30IN7OS. The number of aromatic nitrogens is 3. The summed E-state index contributed by atoms with van der Waals surface area (Å²) >= 11 is 1.50. The molecule has 4 rings (SSSR count). The molecule has 0 aromatic carbocycles. The van der Waals surface area contributed by atoms with Crippen LogP contribution in [-0.4, -0.2) is 65.0 Å². The number of piperazine rings is 1. The minimum Gasteiger partial charge on any atom is -0.477 e. The Morgan fingerprint density at radius 1 is 1.30 bits per heavy atom. The quantitative estimate of drug-likeness (QED) is 0.327. The molecule has 1 aliphatic carbocycles. The molecule has 30 heavy (non-hydrogen) atoms. The minimum atomic E-state index is 0. The van der Waals surface area contributed by atoms with E-state index in [1.165, 1.54) is 24.4 Å². The van der Waals surface area contributed by atoms with Crippen LogP contribution in [0.25, 0.3) is 0 Å². The van der Waals surface area contributed by atoms with Crippen LogP contribution in [-0.2, 0) is 13.0 Å². The molecule has 0 spiro atoms. The third-order valence-electron chi connectivity index (χ3n) is 5.25. The summed E-state index contributed by atoms with van der Waals surface area (Å²) < 4.78 is 10.2. The van der Waals surface area contributed by atoms with Gasteiger partial charge >= 0.3 is 0 Å². The lowest BCUT2D eigenvalue weighted by atomic mass is 10.2. The summed E-state index contributed by atoms with van der Waals surface area (Å²) in [5, 5.41) is 4.50. The fraction of sp³-hybridized carbons (Fsp3) is 0.600. The summed E-state index contributed by atoms with van der Waals surface area (Å²) in [5.41, 5.74) is 1.14. The van der Waals surface area contributed by atoms with Crippen LogP contribution in [0.5, 0.6) is 5.88 Å². The van der Waals surface area contributed by atoms with Gasteiger partial charge in [0, 0.05) is 70.0 Å². The number of aryl methyl sites for hydroxylation is 1. The molecule has 2 fully saturated rings. The number of hydrogen-bond acceptors (Lipinski definition) is 7. The highest BCUT2D eigenvalue weighted by molar-refractivity contribution is 14.0. The summed E-state index contributed by atoms with van der Waals surface area (Å²) in [4.78, 5) is 18.0. The van der Waals surface area contributed by atoms with Gasteiger partial charge in [-0.1, -0.05) is 6.92 Å². The van der Waals surface area contributed by atoms with E-state index in [9.17, 15) is 0 Å². The predicted molar refractivity (Wildman–Crippen MR) is 131 cm³/mol. The number of halogens is 1. The van der Waals surface area contributed by atoms with Gasteiger partial charge in [0.15, 0.2) is 5.96 Å². The molecule has 2 aromatic rings. The molecule has 1 aliphatic heterocycles. The molecule has 8 nitrogen and oxygen atoms in total. The Hall–Kier alpha value is -1.69. The van der Waals surface area contributed by atoms with Crippen LogP contribution in [0.4, 0.5) is 5.13 Å². The Kier molecular flexibility index (Phi) is 8.49. The average molecular weight is 543 g/mol. The van der Waals surface area contributed by atoms with Crippen LogP contribution in [0.3, 0.4) is 0 Å².